The van der Waals surface area contributed by atoms with Gasteiger partial charge in [0.15, 0.2) is 0 Å². The summed E-state index contributed by atoms with van der Waals surface area (Å²) in [6, 6.07) is 15.8. The van der Waals surface area contributed by atoms with Gasteiger partial charge >= 0.3 is 11.3 Å². The molecule has 1 aliphatic carbocycles. The van der Waals surface area contributed by atoms with Gasteiger partial charge in [0, 0.05) is 18.2 Å². The fourth-order valence-corrected chi connectivity index (χ4v) is 4.29. The Hall–Kier alpha value is -3.72. The van der Waals surface area contributed by atoms with Gasteiger partial charge in [-0.2, -0.15) is 0 Å². The Morgan fingerprint density at radius 3 is 2.48 bits per heavy atom. The number of carbonyl (C=O) groups is 2. The second-order valence-electron chi connectivity index (χ2n) is 8.22. The summed E-state index contributed by atoms with van der Waals surface area (Å²) in [5.74, 6) is 0.153. The van der Waals surface area contributed by atoms with Gasteiger partial charge in [-0.1, -0.05) is 18.2 Å². The number of aromatic amines is 1. The SMILES string of the molecule is CCOc1ccc(N2C(=O)CC(N(Cc3c(=O)o[nH][n+]3-c3ccccc3)C3CC3)C2=O)cc1. The number of H-pyrrole nitrogens is 1. The zero-order chi connectivity index (χ0) is 22.9. The van der Waals surface area contributed by atoms with Crippen molar-refractivity contribution < 1.29 is 23.5 Å². The molecule has 0 radical (unpaired) electrons. The molecule has 2 heterocycles. The van der Waals surface area contributed by atoms with E-state index in [9.17, 15) is 14.4 Å². The lowest BCUT2D eigenvalue weighted by Gasteiger charge is -2.25. The van der Waals surface area contributed by atoms with Crippen LogP contribution in [0.25, 0.3) is 5.69 Å². The minimum atomic E-state index is -0.630. The van der Waals surface area contributed by atoms with Gasteiger partial charge in [-0.25, -0.2) is 9.69 Å². The van der Waals surface area contributed by atoms with E-state index >= 15 is 0 Å². The van der Waals surface area contributed by atoms with Crippen LogP contribution in [0.5, 0.6) is 5.75 Å². The number of hydrogen-bond acceptors (Lipinski definition) is 6. The molecule has 9 nitrogen and oxygen atoms in total. The fraction of sp³-hybridized carbons (Fsp3) is 0.333. The summed E-state index contributed by atoms with van der Waals surface area (Å²) in [4.78, 5) is 42.0. The molecule has 33 heavy (non-hydrogen) atoms. The quantitative estimate of drug-likeness (QED) is 0.417. The summed E-state index contributed by atoms with van der Waals surface area (Å²) in [7, 11) is 0. The molecule has 1 saturated heterocycles. The highest BCUT2D eigenvalue weighted by Crippen LogP contribution is 2.35. The lowest BCUT2D eigenvalue weighted by Crippen LogP contribution is -2.47. The second-order valence-corrected chi connectivity index (χ2v) is 8.22. The molecule has 2 fully saturated rings. The van der Waals surface area contributed by atoms with E-state index in [4.69, 9.17) is 9.26 Å². The number of para-hydroxylation sites is 1. The zero-order valence-corrected chi connectivity index (χ0v) is 18.3. The number of aromatic nitrogens is 2. The first-order valence-electron chi connectivity index (χ1n) is 11.1. The van der Waals surface area contributed by atoms with Gasteiger partial charge in [-0.3, -0.25) is 19.0 Å². The summed E-state index contributed by atoms with van der Waals surface area (Å²) in [5, 5.41) is 2.64. The Bertz CT molecular complexity index is 1210. The molecule has 3 aromatic rings. The van der Waals surface area contributed by atoms with E-state index in [-0.39, 0.29) is 30.8 Å². The van der Waals surface area contributed by atoms with Gasteiger partial charge in [0.1, 0.15) is 5.75 Å². The molecule has 1 aromatic heterocycles. The van der Waals surface area contributed by atoms with Crippen LogP contribution in [0.4, 0.5) is 5.69 Å². The van der Waals surface area contributed by atoms with E-state index in [2.05, 4.69) is 5.27 Å². The highest BCUT2D eigenvalue weighted by Gasteiger charge is 2.48. The van der Waals surface area contributed by atoms with Crippen molar-refractivity contribution in [3.05, 3.63) is 70.7 Å². The van der Waals surface area contributed by atoms with Crippen molar-refractivity contribution in [2.24, 2.45) is 0 Å². The first kappa shape index (κ1) is 21.1. The van der Waals surface area contributed by atoms with Crippen molar-refractivity contribution in [3.8, 4) is 11.4 Å². The summed E-state index contributed by atoms with van der Waals surface area (Å²) < 4.78 is 12.1. The number of benzene rings is 2. The zero-order valence-electron chi connectivity index (χ0n) is 18.3. The van der Waals surface area contributed by atoms with Crippen LogP contribution in [-0.4, -0.2) is 40.7 Å². The predicted molar refractivity (Wildman–Crippen MR) is 118 cm³/mol. The minimum absolute atomic E-state index is 0.0731. The molecule has 1 saturated carbocycles. The number of hydrogen-bond donors (Lipinski definition) is 1. The topological polar surface area (TPSA) is 99.7 Å². The number of amides is 2. The first-order chi connectivity index (χ1) is 16.1. The maximum atomic E-state index is 13.4. The van der Waals surface area contributed by atoms with Crippen molar-refractivity contribution in [1.82, 2.24) is 10.2 Å². The third-order valence-corrected chi connectivity index (χ3v) is 6.03. The monoisotopic (exact) mass is 449 g/mol. The van der Waals surface area contributed by atoms with E-state index in [1.165, 1.54) is 4.90 Å². The lowest BCUT2D eigenvalue weighted by molar-refractivity contribution is -0.678. The molecule has 1 atom stereocenters. The van der Waals surface area contributed by atoms with Crippen molar-refractivity contribution in [2.45, 2.75) is 44.8 Å². The molecule has 5 rings (SSSR count). The summed E-state index contributed by atoms with van der Waals surface area (Å²) in [6.45, 7) is 2.63. The maximum absolute atomic E-state index is 13.4. The molecule has 1 unspecified atom stereocenters. The molecule has 2 amide bonds. The van der Waals surface area contributed by atoms with E-state index in [0.717, 1.165) is 18.5 Å². The van der Waals surface area contributed by atoms with E-state index in [1.54, 1.807) is 28.9 Å². The second kappa shape index (κ2) is 8.67. The molecular weight excluding hydrogens is 424 g/mol. The standard InChI is InChI=1S/C24H24N4O5/c1-2-32-19-12-10-17(11-13-19)27-22(29)14-20(23(27)30)26(16-8-9-16)15-21-24(31)33-25-28(21)18-6-4-3-5-7-18/h3-7,10-13,16,20H,2,8-9,14-15H2,1H3/p+1. The average Bonchev–Trinajstić information content (AvgIpc) is 3.54. The molecule has 9 heteroatoms. The van der Waals surface area contributed by atoms with E-state index < -0.39 is 11.7 Å². The molecule has 2 aliphatic rings. The Balaban J connectivity index is 1.41. The van der Waals surface area contributed by atoms with Gasteiger partial charge in [-0.15, -0.1) is 0 Å². The number of nitrogens with one attached hydrogen (secondary N) is 1. The van der Waals surface area contributed by atoms with Gasteiger partial charge in [0.05, 0.1) is 31.3 Å². The third-order valence-electron chi connectivity index (χ3n) is 6.03. The molecule has 1 N–H and O–H groups in total. The van der Waals surface area contributed by atoms with Crippen LogP contribution in [0.3, 0.4) is 0 Å². The van der Waals surface area contributed by atoms with Gasteiger partial charge < -0.3 is 4.74 Å². The molecular formula is C24H25N4O5+. The van der Waals surface area contributed by atoms with Crippen molar-refractivity contribution >= 4 is 17.5 Å². The van der Waals surface area contributed by atoms with Crippen LogP contribution >= 0.6 is 0 Å². The van der Waals surface area contributed by atoms with Crippen LogP contribution in [0.15, 0.2) is 63.9 Å². The Kier molecular flexibility index (Phi) is 5.55. The summed E-state index contributed by atoms with van der Waals surface area (Å²) in [6.07, 6.45) is 1.91. The summed E-state index contributed by atoms with van der Waals surface area (Å²) >= 11 is 0. The van der Waals surface area contributed by atoms with Gasteiger partial charge in [0.2, 0.25) is 11.6 Å². The Morgan fingerprint density at radius 2 is 1.82 bits per heavy atom. The van der Waals surface area contributed by atoms with Crippen LogP contribution < -0.4 is 19.9 Å². The van der Waals surface area contributed by atoms with Gasteiger partial charge in [-0.05, 0) is 54.0 Å². The largest absolute Gasteiger partial charge is 0.494 e. The molecule has 0 spiro atoms. The molecule has 170 valence electrons. The number of carbonyl (C=O) groups excluding carboxylic acids is 2. The first-order valence-corrected chi connectivity index (χ1v) is 11.1. The number of rotatable bonds is 8. The van der Waals surface area contributed by atoms with Crippen LogP contribution in [0.2, 0.25) is 0 Å². The van der Waals surface area contributed by atoms with Crippen molar-refractivity contribution in [2.75, 3.05) is 11.5 Å². The van der Waals surface area contributed by atoms with Crippen molar-refractivity contribution in [3.63, 3.8) is 0 Å². The number of anilines is 1. The fourth-order valence-electron chi connectivity index (χ4n) is 4.29. The van der Waals surface area contributed by atoms with Gasteiger partial charge in [0.25, 0.3) is 5.91 Å². The number of ether oxygens (including phenoxy) is 1. The Morgan fingerprint density at radius 1 is 1.09 bits per heavy atom. The highest BCUT2D eigenvalue weighted by molar-refractivity contribution is 6.22. The average molecular weight is 449 g/mol. The normalized spacial score (nSPS) is 18.4. The van der Waals surface area contributed by atoms with Crippen LogP contribution in [0.1, 0.15) is 31.9 Å². The molecule has 1 aliphatic heterocycles. The molecule has 0 bridgehead atoms. The minimum Gasteiger partial charge on any atom is -0.494 e. The van der Waals surface area contributed by atoms with E-state index in [0.29, 0.717) is 23.7 Å². The maximum Gasteiger partial charge on any atom is 0.431 e. The lowest BCUT2D eigenvalue weighted by atomic mass is 10.2. The summed E-state index contributed by atoms with van der Waals surface area (Å²) in [5.41, 5.74) is 1.16. The molecule has 2 aromatic carbocycles. The number of nitrogens with zero attached hydrogens (tertiary/aromatic N) is 3. The van der Waals surface area contributed by atoms with E-state index in [1.807, 2.05) is 42.2 Å². The Labute approximate surface area is 190 Å². The van der Waals surface area contributed by atoms with Crippen LogP contribution in [-0.2, 0) is 16.1 Å². The number of imide groups is 1. The smallest absolute Gasteiger partial charge is 0.431 e. The van der Waals surface area contributed by atoms with Crippen molar-refractivity contribution in [1.29, 1.82) is 0 Å². The highest BCUT2D eigenvalue weighted by atomic mass is 16.5. The third kappa shape index (κ3) is 4.07. The predicted octanol–water partition coefficient (Wildman–Crippen LogP) is 1.94. The van der Waals surface area contributed by atoms with Crippen LogP contribution in [0, 0.1) is 0 Å².